The van der Waals surface area contributed by atoms with Crippen molar-refractivity contribution < 1.29 is 0 Å². The molecule has 8 heteroatoms. The first kappa shape index (κ1) is 36.5. The summed E-state index contributed by atoms with van der Waals surface area (Å²) in [5.41, 5.74) is 5.45. The van der Waals surface area contributed by atoms with E-state index in [-0.39, 0.29) is 0 Å². The highest BCUT2D eigenvalue weighted by Gasteiger charge is 2.29. The molecule has 0 saturated carbocycles. The summed E-state index contributed by atoms with van der Waals surface area (Å²) in [5, 5.41) is 4.02. The van der Waals surface area contributed by atoms with Gasteiger partial charge in [-0.2, -0.15) is 0 Å². The van der Waals surface area contributed by atoms with Gasteiger partial charge in [0.05, 0.1) is 0 Å². The maximum atomic E-state index is 5.22. The van der Waals surface area contributed by atoms with Crippen molar-refractivity contribution in [3.05, 3.63) is 130 Å². The summed E-state index contributed by atoms with van der Waals surface area (Å²) < 4.78 is 4.31. The first-order valence-electron chi connectivity index (χ1n) is 18.5. The van der Waals surface area contributed by atoms with Crippen LogP contribution < -0.4 is 11.0 Å². The van der Waals surface area contributed by atoms with Crippen molar-refractivity contribution >= 4 is 56.5 Å². The minimum Gasteiger partial charge on any atom is -0.291 e. The van der Waals surface area contributed by atoms with Crippen LogP contribution in [0.25, 0.3) is 21.5 Å². The molecule has 2 aromatic heterocycles. The minimum atomic E-state index is 0.423. The van der Waals surface area contributed by atoms with Crippen LogP contribution in [-0.4, -0.2) is 32.5 Å². The number of nitrogens with zero attached hydrogens (tertiary/aromatic N) is 8. The lowest BCUT2D eigenvalue weighted by atomic mass is 10.1. The maximum Gasteiger partial charge on any atom is 0.164 e. The van der Waals surface area contributed by atoms with Gasteiger partial charge in [-0.25, -0.2) is 30.0 Å². The van der Waals surface area contributed by atoms with Crippen LogP contribution in [0.4, 0.5) is 11.6 Å². The van der Waals surface area contributed by atoms with Crippen LogP contribution in [0.3, 0.4) is 0 Å². The number of fused-ring (bicyclic) bond motifs is 14. The molecule has 0 atom stereocenters. The lowest BCUT2D eigenvalue weighted by molar-refractivity contribution is 0.584. The molecular weight excluding hydrogens is 629 g/mol. The molecule has 0 aliphatic carbocycles. The third-order valence-corrected chi connectivity index (χ3v) is 8.21. The lowest BCUT2D eigenvalue weighted by Gasteiger charge is -2.12. The van der Waals surface area contributed by atoms with E-state index >= 15 is 0 Å². The Labute approximate surface area is 301 Å². The number of hydrogen-bond acceptors (Lipinski definition) is 6. The number of amidine groups is 4. The lowest BCUT2D eigenvalue weighted by Crippen LogP contribution is -2.32. The second kappa shape index (κ2) is 16.3. The molecule has 10 rings (SSSR count). The summed E-state index contributed by atoms with van der Waals surface area (Å²) in [6, 6.07) is 32.9. The molecule has 4 aromatic carbocycles. The van der Waals surface area contributed by atoms with Crippen molar-refractivity contribution in [3.63, 3.8) is 0 Å². The van der Waals surface area contributed by atoms with Gasteiger partial charge in [-0.3, -0.25) is 9.13 Å². The second-order valence-corrected chi connectivity index (χ2v) is 10.4. The molecule has 4 aliphatic heterocycles. The van der Waals surface area contributed by atoms with Crippen molar-refractivity contribution in [2.24, 2.45) is 30.0 Å². The molecule has 6 aromatic rings. The predicted octanol–water partition coefficient (Wildman–Crippen LogP) is 10.2. The van der Waals surface area contributed by atoms with Crippen molar-refractivity contribution in [1.29, 1.82) is 0 Å². The Morgan fingerprint density at radius 1 is 0.333 bits per heavy atom. The number of hydrogen-bond donors (Lipinski definition) is 0. The summed E-state index contributed by atoms with van der Waals surface area (Å²) >= 11 is 0. The Bertz CT molecular complexity index is 2290. The average Bonchev–Trinajstić information content (AvgIpc) is 3.92. The van der Waals surface area contributed by atoms with E-state index in [1.807, 2.05) is 118 Å². The molecule has 0 fully saturated rings. The zero-order chi connectivity index (χ0) is 36.7. The molecule has 260 valence electrons. The first-order chi connectivity index (χ1) is 25.3. The van der Waals surface area contributed by atoms with Gasteiger partial charge in [0.1, 0.15) is 29.3 Å². The van der Waals surface area contributed by atoms with E-state index in [2.05, 4.69) is 57.7 Å². The number of rotatable bonds is 0. The number of aliphatic imine (C=N–C) groups is 4. The third kappa shape index (κ3) is 6.05. The normalized spacial score (nSPS) is 13.2. The summed E-state index contributed by atoms with van der Waals surface area (Å²) in [7, 11) is 0. The van der Waals surface area contributed by atoms with Gasteiger partial charge in [-0.15, -0.1) is 0 Å². The highest BCUT2D eigenvalue weighted by Crippen LogP contribution is 2.40. The molecule has 0 radical (unpaired) electrons. The van der Waals surface area contributed by atoms with Crippen LogP contribution in [0.15, 0.2) is 127 Å². The van der Waals surface area contributed by atoms with Gasteiger partial charge < -0.3 is 0 Å². The predicted molar refractivity (Wildman–Crippen MR) is 217 cm³/mol. The second-order valence-electron chi connectivity index (χ2n) is 10.4. The quantitative estimate of drug-likeness (QED) is 0.153. The van der Waals surface area contributed by atoms with Crippen molar-refractivity contribution in [3.8, 4) is 0 Å². The van der Waals surface area contributed by atoms with Crippen molar-refractivity contribution in [2.75, 3.05) is 0 Å². The summed E-state index contributed by atoms with van der Waals surface area (Å²) in [6.07, 6.45) is 0. The van der Waals surface area contributed by atoms with Gasteiger partial charge in [-0.1, -0.05) is 166 Å². The molecule has 0 unspecified atom stereocenters. The molecule has 4 aliphatic rings. The summed E-state index contributed by atoms with van der Waals surface area (Å²) in [6.45, 7) is 20.4. The smallest absolute Gasteiger partial charge is 0.164 e. The van der Waals surface area contributed by atoms with Crippen LogP contribution in [0.5, 0.6) is 0 Å². The van der Waals surface area contributed by atoms with Gasteiger partial charge >= 0.3 is 0 Å². The van der Waals surface area contributed by atoms with Crippen LogP contribution >= 0.6 is 0 Å². The van der Waals surface area contributed by atoms with Gasteiger partial charge in [0.2, 0.25) is 0 Å². The molecule has 0 saturated heterocycles. The van der Waals surface area contributed by atoms with Gasteiger partial charge in [0, 0.05) is 43.8 Å². The van der Waals surface area contributed by atoms with E-state index in [1.165, 1.54) is 0 Å². The molecule has 8 nitrogen and oxygen atoms in total. The molecule has 6 heterocycles. The van der Waals surface area contributed by atoms with E-state index < -0.39 is 0 Å². The topological polar surface area (TPSA) is 84.0 Å². The third-order valence-electron chi connectivity index (χ3n) is 8.21. The SMILES string of the molecule is CC.CC.CC.CC.CC.c1ccc2c(c1)C1=NC2=Nc2c3ccccc3c3n2Cn2c(c4ccccc4c2=NC2=NC(=N3)c3ccccc32)=N1. The minimum absolute atomic E-state index is 0.423. The Morgan fingerprint density at radius 3 is 0.980 bits per heavy atom. The van der Waals surface area contributed by atoms with E-state index in [0.717, 1.165) is 66.4 Å². The largest absolute Gasteiger partial charge is 0.291 e. The monoisotopic (exact) mass is 676 g/mol. The molecular formula is C43H48N8. The maximum absolute atomic E-state index is 5.22. The van der Waals surface area contributed by atoms with Gasteiger partial charge in [0.25, 0.3) is 0 Å². The van der Waals surface area contributed by atoms with E-state index in [9.17, 15) is 0 Å². The Morgan fingerprint density at radius 2 is 0.627 bits per heavy atom. The zero-order valence-electron chi connectivity index (χ0n) is 31.5. The summed E-state index contributed by atoms with van der Waals surface area (Å²) in [5.74, 6) is 4.18. The Hall–Kier alpha value is -5.76. The molecule has 6 bridgehead atoms. The van der Waals surface area contributed by atoms with Crippen LogP contribution in [0, 0.1) is 0 Å². The van der Waals surface area contributed by atoms with Gasteiger partial charge in [0.15, 0.2) is 23.3 Å². The van der Waals surface area contributed by atoms with Crippen LogP contribution in [0.1, 0.15) is 91.5 Å². The highest BCUT2D eigenvalue weighted by atomic mass is 15.3. The van der Waals surface area contributed by atoms with Crippen molar-refractivity contribution in [1.82, 2.24) is 9.13 Å². The number of benzene rings is 4. The fourth-order valence-corrected chi connectivity index (χ4v) is 6.35. The molecule has 0 N–H and O–H groups in total. The average molecular weight is 677 g/mol. The van der Waals surface area contributed by atoms with E-state index in [4.69, 9.17) is 30.0 Å². The van der Waals surface area contributed by atoms with Crippen LogP contribution in [0.2, 0.25) is 0 Å². The van der Waals surface area contributed by atoms with Crippen LogP contribution in [-0.2, 0) is 6.67 Å². The molecule has 0 amide bonds. The fraction of sp³-hybridized carbons (Fsp3) is 0.256. The highest BCUT2D eigenvalue weighted by molar-refractivity contribution is 6.25. The van der Waals surface area contributed by atoms with Gasteiger partial charge in [-0.05, 0) is 0 Å². The summed E-state index contributed by atoms with van der Waals surface area (Å²) in [4.78, 5) is 30.9. The van der Waals surface area contributed by atoms with E-state index in [0.29, 0.717) is 30.0 Å². The Balaban J connectivity index is 0.000000468. The fourth-order valence-electron chi connectivity index (χ4n) is 6.35. The standard InChI is InChI=1S/C33H18N8.5C2H6/c1-2-10-19-18(9-1)26-34-27(19)37-31-24-15-7-8-16-25(24)33-39-29-21-12-4-3-11-20(21)28(35-29)38-32-23-14-6-5-13-22(23)30(36-26)40(32)17-41(31)33;5*1-2/h1-16H,17H2;5*1-2H3. The first-order valence-corrected chi connectivity index (χ1v) is 18.5. The number of aromatic nitrogens is 2. The zero-order valence-corrected chi connectivity index (χ0v) is 31.5. The molecule has 51 heavy (non-hydrogen) atoms. The van der Waals surface area contributed by atoms with E-state index in [1.54, 1.807) is 0 Å². The van der Waals surface area contributed by atoms with Crippen molar-refractivity contribution in [2.45, 2.75) is 75.9 Å². The molecule has 0 spiro atoms. The Kier molecular flexibility index (Phi) is 11.7.